The number of aliphatic hydroxyl groups is 1. The highest BCUT2D eigenvalue weighted by Gasteiger charge is 2.28. The van der Waals surface area contributed by atoms with Crippen molar-refractivity contribution in [2.24, 2.45) is 5.92 Å². The quantitative estimate of drug-likeness (QED) is 0.409. The maximum Gasteiger partial charge on any atom is 0.317 e. The average molecular weight is 538 g/mol. The Labute approximate surface area is 218 Å². The Morgan fingerprint density at radius 3 is 2.35 bits per heavy atom. The van der Waals surface area contributed by atoms with Crippen molar-refractivity contribution in [1.82, 2.24) is 15.5 Å². The first kappa shape index (κ1) is 29.0. The van der Waals surface area contributed by atoms with Crippen molar-refractivity contribution < 1.29 is 27.1 Å². The van der Waals surface area contributed by atoms with Crippen molar-refractivity contribution in [1.29, 1.82) is 0 Å². The lowest BCUT2D eigenvalue weighted by Gasteiger charge is -2.34. The van der Waals surface area contributed by atoms with Crippen LogP contribution in [-0.4, -0.2) is 68.2 Å². The van der Waals surface area contributed by atoms with E-state index in [4.69, 9.17) is 0 Å². The molecular weight excluding hydrogens is 500 g/mol. The lowest BCUT2D eigenvalue weighted by atomic mass is 9.98. The molecule has 0 bridgehead atoms. The first-order chi connectivity index (χ1) is 17.5. The molecule has 1 fully saturated rings. The molecule has 0 saturated carbocycles. The van der Waals surface area contributed by atoms with Crippen molar-refractivity contribution in [2.75, 3.05) is 31.6 Å². The van der Waals surface area contributed by atoms with Gasteiger partial charge in [-0.05, 0) is 60.4 Å². The van der Waals surface area contributed by atoms with Gasteiger partial charge in [-0.2, -0.15) is 0 Å². The molecule has 1 aliphatic rings. The summed E-state index contributed by atoms with van der Waals surface area (Å²) in [5.74, 6) is -1.35. The van der Waals surface area contributed by atoms with Crippen molar-refractivity contribution in [3.05, 3.63) is 70.8 Å². The fraction of sp³-hybridized carbons (Fsp3) is 0.519. The molecule has 0 radical (unpaired) electrons. The lowest BCUT2D eigenvalue weighted by molar-refractivity contribution is 0.116. The van der Waals surface area contributed by atoms with Gasteiger partial charge in [-0.25, -0.2) is 22.0 Å². The smallest absolute Gasteiger partial charge is 0.317 e. The van der Waals surface area contributed by atoms with Crippen LogP contribution < -0.4 is 10.6 Å². The Bertz CT molecular complexity index is 1130. The molecule has 2 amide bonds. The molecule has 3 rings (SSSR count). The molecule has 10 heteroatoms. The minimum atomic E-state index is -3.09. The second-order valence-electron chi connectivity index (χ2n) is 9.93. The van der Waals surface area contributed by atoms with E-state index in [9.17, 15) is 27.1 Å². The van der Waals surface area contributed by atoms with Gasteiger partial charge in [-0.1, -0.05) is 31.2 Å². The van der Waals surface area contributed by atoms with E-state index in [0.717, 1.165) is 18.1 Å². The number of amides is 2. The van der Waals surface area contributed by atoms with Crippen molar-refractivity contribution in [2.45, 2.75) is 51.3 Å². The van der Waals surface area contributed by atoms with Crippen LogP contribution in [0.25, 0.3) is 0 Å². The molecule has 7 nitrogen and oxygen atoms in total. The molecule has 0 unspecified atom stereocenters. The van der Waals surface area contributed by atoms with E-state index in [1.54, 1.807) is 4.90 Å². The summed E-state index contributed by atoms with van der Waals surface area (Å²) in [4.78, 5) is 14.6. The van der Waals surface area contributed by atoms with E-state index in [2.05, 4.69) is 23.6 Å². The Morgan fingerprint density at radius 1 is 1.08 bits per heavy atom. The molecule has 0 aliphatic carbocycles. The Balaban J connectivity index is 1.63. The van der Waals surface area contributed by atoms with Crippen LogP contribution in [0.4, 0.5) is 13.6 Å². The Hall–Kier alpha value is -2.56. The highest BCUT2D eigenvalue weighted by atomic mass is 32.2. The normalized spacial score (nSPS) is 16.4. The number of nitrogens with one attached hydrogen (secondary N) is 2. The van der Waals surface area contributed by atoms with Gasteiger partial charge < -0.3 is 20.6 Å². The molecule has 3 N–H and O–H groups in total. The number of nitrogens with zero attached hydrogens (tertiary/aromatic N) is 1. The largest absolute Gasteiger partial charge is 0.390 e. The summed E-state index contributed by atoms with van der Waals surface area (Å²) < 4.78 is 50.7. The van der Waals surface area contributed by atoms with E-state index >= 15 is 0 Å². The molecule has 0 aromatic heterocycles. The summed E-state index contributed by atoms with van der Waals surface area (Å²) in [6.07, 6.45) is 2.29. The molecule has 1 heterocycles. The summed E-state index contributed by atoms with van der Waals surface area (Å²) in [5, 5.41) is 17.0. The summed E-state index contributed by atoms with van der Waals surface area (Å²) in [5.41, 5.74) is 2.60. The van der Waals surface area contributed by atoms with Crippen LogP contribution in [0.3, 0.4) is 0 Å². The summed E-state index contributed by atoms with van der Waals surface area (Å²) >= 11 is 0. The number of piperidine rings is 1. The van der Waals surface area contributed by atoms with E-state index in [1.807, 2.05) is 18.2 Å². The number of hydrogen-bond donors (Lipinski definition) is 3. The molecule has 2 atom stereocenters. The SMILES string of the molecule is CCc1cccc(CNC[C@@H](O)[C@H](Cc2cc(F)cc(F)c2)NC(=O)N2CCC(CS(C)(=O)=O)CC2)c1. The van der Waals surface area contributed by atoms with Crippen LogP contribution in [0.1, 0.15) is 36.5 Å². The van der Waals surface area contributed by atoms with Crippen LogP contribution >= 0.6 is 0 Å². The fourth-order valence-electron chi connectivity index (χ4n) is 4.71. The van der Waals surface area contributed by atoms with E-state index in [1.165, 1.54) is 24.0 Å². The summed E-state index contributed by atoms with van der Waals surface area (Å²) in [6, 6.07) is 10.1. The molecule has 0 spiro atoms. The average Bonchev–Trinajstić information content (AvgIpc) is 2.82. The Kier molecular flexibility index (Phi) is 10.4. The van der Waals surface area contributed by atoms with Gasteiger partial charge in [0.25, 0.3) is 0 Å². The van der Waals surface area contributed by atoms with Gasteiger partial charge in [-0.15, -0.1) is 0 Å². The van der Waals surface area contributed by atoms with Gasteiger partial charge in [0.1, 0.15) is 21.5 Å². The minimum Gasteiger partial charge on any atom is -0.390 e. The van der Waals surface area contributed by atoms with E-state index in [0.29, 0.717) is 38.0 Å². The first-order valence-electron chi connectivity index (χ1n) is 12.7. The fourth-order valence-corrected chi connectivity index (χ4v) is 5.90. The van der Waals surface area contributed by atoms with Gasteiger partial charge in [-0.3, -0.25) is 0 Å². The number of hydrogen-bond acceptors (Lipinski definition) is 5. The topological polar surface area (TPSA) is 98.7 Å². The zero-order valence-corrected chi connectivity index (χ0v) is 22.2. The van der Waals surface area contributed by atoms with E-state index < -0.39 is 39.6 Å². The third-order valence-electron chi connectivity index (χ3n) is 6.67. The number of carbonyl (C=O) groups excluding carboxylic acids is 1. The molecule has 1 saturated heterocycles. The van der Waals surface area contributed by atoms with Gasteiger partial charge in [0.05, 0.1) is 17.9 Å². The van der Waals surface area contributed by atoms with Crippen LogP contribution in [0.2, 0.25) is 0 Å². The first-order valence-corrected chi connectivity index (χ1v) is 14.7. The van der Waals surface area contributed by atoms with Crippen LogP contribution in [0.5, 0.6) is 0 Å². The number of aryl methyl sites for hydroxylation is 1. The Morgan fingerprint density at radius 2 is 1.73 bits per heavy atom. The molecule has 1 aliphatic heterocycles. The number of sulfone groups is 1. The van der Waals surface area contributed by atoms with Gasteiger partial charge in [0.2, 0.25) is 0 Å². The highest BCUT2D eigenvalue weighted by Crippen LogP contribution is 2.19. The zero-order valence-electron chi connectivity index (χ0n) is 21.4. The number of rotatable bonds is 11. The minimum absolute atomic E-state index is 0.00566. The molecule has 37 heavy (non-hydrogen) atoms. The highest BCUT2D eigenvalue weighted by molar-refractivity contribution is 7.90. The molecule has 204 valence electrons. The van der Waals surface area contributed by atoms with Gasteiger partial charge in [0, 0.05) is 38.5 Å². The monoisotopic (exact) mass is 537 g/mol. The summed E-state index contributed by atoms with van der Waals surface area (Å²) in [7, 11) is -3.09. The molecular formula is C27H37F2N3O4S. The standard InChI is InChI=1S/C27H37F2N3O4S/c1-3-19-5-4-6-21(11-19)16-30-17-26(33)25(14-22-12-23(28)15-24(29)13-22)31-27(34)32-9-7-20(8-10-32)18-37(2,35)36/h4-6,11-13,15,20,25-26,30,33H,3,7-10,14,16-18H2,1-2H3,(H,31,34)/t25-,26+/m0/s1. The maximum atomic E-state index is 13.8. The predicted octanol–water partition coefficient (Wildman–Crippen LogP) is 3.06. The second kappa shape index (κ2) is 13.3. The number of urea groups is 1. The van der Waals surface area contributed by atoms with E-state index in [-0.39, 0.29) is 24.6 Å². The van der Waals surface area contributed by atoms with Gasteiger partial charge >= 0.3 is 6.03 Å². The number of benzene rings is 2. The molecule has 2 aromatic rings. The van der Waals surface area contributed by atoms with Crippen molar-refractivity contribution in [3.63, 3.8) is 0 Å². The number of likely N-dealkylation sites (tertiary alicyclic amines) is 1. The van der Waals surface area contributed by atoms with Crippen LogP contribution in [-0.2, 0) is 29.2 Å². The van der Waals surface area contributed by atoms with Crippen LogP contribution in [0, 0.1) is 17.6 Å². The van der Waals surface area contributed by atoms with Gasteiger partial charge in [0.15, 0.2) is 0 Å². The second-order valence-corrected chi connectivity index (χ2v) is 12.1. The van der Waals surface area contributed by atoms with Crippen molar-refractivity contribution in [3.8, 4) is 0 Å². The summed E-state index contributed by atoms with van der Waals surface area (Å²) in [6.45, 7) is 3.56. The number of halogens is 2. The predicted molar refractivity (Wildman–Crippen MR) is 140 cm³/mol. The zero-order chi connectivity index (χ0) is 27.0. The third kappa shape index (κ3) is 9.68. The molecule has 2 aromatic carbocycles. The van der Waals surface area contributed by atoms with Crippen LogP contribution in [0.15, 0.2) is 42.5 Å². The van der Waals surface area contributed by atoms with Crippen molar-refractivity contribution >= 4 is 15.9 Å². The maximum absolute atomic E-state index is 13.8. The lowest BCUT2D eigenvalue weighted by Crippen LogP contribution is -2.54. The third-order valence-corrected chi connectivity index (χ3v) is 7.75. The number of carbonyl (C=O) groups is 1. The number of aliphatic hydroxyl groups excluding tert-OH is 1.